The average molecular weight is 222 g/mol. The zero-order chi connectivity index (χ0) is 10.7. The van der Waals surface area contributed by atoms with Crippen LogP contribution >= 0.6 is 11.8 Å². The standard InChI is InChI=1S/C10H10N2O2S/c13-5-6-15-10-11-8-4-2-1-3-7(8)9(14)12-10/h1-4,13H,5-6H2,(H,11,12,14). The Labute approximate surface area is 90.4 Å². The first kappa shape index (κ1) is 10.2. The third kappa shape index (κ3) is 2.19. The fourth-order valence-corrected chi connectivity index (χ4v) is 1.89. The number of H-pyrrole nitrogens is 1. The van der Waals surface area contributed by atoms with Crippen LogP contribution in [0.2, 0.25) is 0 Å². The summed E-state index contributed by atoms with van der Waals surface area (Å²) in [5.41, 5.74) is 0.544. The number of aromatic nitrogens is 2. The maximum atomic E-state index is 11.6. The molecule has 0 saturated heterocycles. The van der Waals surface area contributed by atoms with E-state index in [0.29, 0.717) is 21.8 Å². The first-order valence-corrected chi connectivity index (χ1v) is 5.52. The molecule has 2 aromatic rings. The van der Waals surface area contributed by atoms with Gasteiger partial charge in [0.05, 0.1) is 17.5 Å². The molecule has 0 aliphatic rings. The minimum atomic E-state index is -0.138. The number of aliphatic hydroxyl groups is 1. The SMILES string of the molecule is O=c1[nH]c(SCCO)nc2ccccc12. The molecule has 5 heteroatoms. The highest BCUT2D eigenvalue weighted by atomic mass is 32.2. The highest BCUT2D eigenvalue weighted by Gasteiger charge is 2.02. The molecule has 15 heavy (non-hydrogen) atoms. The Bertz CT molecular complexity index is 524. The van der Waals surface area contributed by atoms with Gasteiger partial charge in [0.15, 0.2) is 5.16 Å². The summed E-state index contributed by atoms with van der Waals surface area (Å²) in [5, 5.41) is 9.81. The van der Waals surface area contributed by atoms with Gasteiger partial charge in [0.2, 0.25) is 0 Å². The lowest BCUT2D eigenvalue weighted by atomic mass is 10.2. The van der Waals surface area contributed by atoms with E-state index in [2.05, 4.69) is 9.97 Å². The topological polar surface area (TPSA) is 66.0 Å². The Hall–Kier alpha value is -1.33. The summed E-state index contributed by atoms with van der Waals surface area (Å²) in [6.07, 6.45) is 0. The third-order valence-corrected chi connectivity index (χ3v) is 2.77. The van der Waals surface area contributed by atoms with Crippen molar-refractivity contribution in [1.29, 1.82) is 0 Å². The molecule has 2 N–H and O–H groups in total. The van der Waals surface area contributed by atoms with Crippen LogP contribution in [-0.2, 0) is 0 Å². The lowest BCUT2D eigenvalue weighted by Crippen LogP contribution is -2.09. The van der Waals surface area contributed by atoms with Gasteiger partial charge in [-0.3, -0.25) is 4.79 Å². The fourth-order valence-electron chi connectivity index (χ4n) is 1.28. The van der Waals surface area contributed by atoms with E-state index in [1.54, 1.807) is 18.2 Å². The number of aromatic amines is 1. The van der Waals surface area contributed by atoms with Crippen molar-refractivity contribution in [2.45, 2.75) is 5.16 Å². The monoisotopic (exact) mass is 222 g/mol. The van der Waals surface area contributed by atoms with Crippen LogP contribution in [0.3, 0.4) is 0 Å². The maximum Gasteiger partial charge on any atom is 0.259 e. The number of hydrogen-bond acceptors (Lipinski definition) is 4. The van der Waals surface area contributed by atoms with Gasteiger partial charge in [-0.2, -0.15) is 0 Å². The van der Waals surface area contributed by atoms with Gasteiger partial charge in [-0.05, 0) is 12.1 Å². The normalized spacial score (nSPS) is 10.7. The summed E-state index contributed by atoms with van der Waals surface area (Å²) in [4.78, 5) is 18.5. The molecule has 0 saturated carbocycles. The lowest BCUT2D eigenvalue weighted by Gasteiger charge is -2.00. The van der Waals surface area contributed by atoms with Crippen LogP contribution in [0, 0.1) is 0 Å². The second kappa shape index (κ2) is 4.46. The minimum Gasteiger partial charge on any atom is -0.396 e. The van der Waals surface area contributed by atoms with E-state index in [9.17, 15) is 4.79 Å². The van der Waals surface area contributed by atoms with Gasteiger partial charge in [0, 0.05) is 5.75 Å². The van der Waals surface area contributed by atoms with E-state index >= 15 is 0 Å². The van der Waals surface area contributed by atoms with Crippen LogP contribution in [0.15, 0.2) is 34.2 Å². The molecule has 4 nitrogen and oxygen atoms in total. The van der Waals surface area contributed by atoms with Crippen molar-refractivity contribution in [3.05, 3.63) is 34.6 Å². The summed E-state index contributed by atoms with van der Waals surface area (Å²) in [6.45, 7) is 0.0706. The van der Waals surface area contributed by atoms with E-state index in [1.165, 1.54) is 11.8 Å². The number of hydrogen-bond donors (Lipinski definition) is 2. The Morgan fingerprint density at radius 1 is 1.40 bits per heavy atom. The van der Waals surface area contributed by atoms with Crippen LogP contribution in [-0.4, -0.2) is 27.4 Å². The molecule has 0 spiro atoms. The van der Waals surface area contributed by atoms with Crippen molar-refractivity contribution < 1.29 is 5.11 Å². The van der Waals surface area contributed by atoms with Crippen molar-refractivity contribution in [1.82, 2.24) is 9.97 Å². The second-order valence-electron chi connectivity index (χ2n) is 2.96. The van der Waals surface area contributed by atoms with E-state index in [1.807, 2.05) is 6.07 Å². The number of fused-ring (bicyclic) bond motifs is 1. The number of nitrogens with one attached hydrogen (secondary N) is 1. The smallest absolute Gasteiger partial charge is 0.259 e. The van der Waals surface area contributed by atoms with Gasteiger partial charge >= 0.3 is 0 Å². The van der Waals surface area contributed by atoms with Gasteiger partial charge in [0.1, 0.15) is 0 Å². The van der Waals surface area contributed by atoms with Crippen LogP contribution in [0.4, 0.5) is 0 Å². The van der Waals surface area contributed by atoms with Crippen LogP contribution in [0.25, 0.3) is 10.9 Å². The molecular weight excluding hydrogens is 212 g/mol. The molecule has 1 aromatic carbocycles. The van der Waals surface area contributed by atoms with Crippen LogP contribution in [0.1, 0.15) is 0 Å². The second-order valence-corrected chi connectivity index (χ2v) is 4.04. The summed E-state index contributed by atoms with van der Waals surface area (Å²) in [5.74, 6) is 0.529. The predicted octanol–water partition coefficient (Wildman–Crippen LogP) is 1.01. The molecule has 0 fully saturated rings. The zero-order valence-electron chi connectivity index (χ0n) is 7.93. The van der Waals surface area contributed by atoms with Gasteiger partial charge in [-0.1, -0.05) is 23.9 Å². The first-order chi connectivity index (χ1) is 7.31. The van der Waals surface area contributed by atoms with E-state index < -0.39 is 0 Å². The predicted molar refractivity (Wildman–Crippen MR) is 60.2 cm³/mol. The van der Waals surface area contributed by atoms with Crippen molar-refractivity contribution in [3.63, 3.8) is 0 Å². The maximum absolute atomic E-state index is 11.6. The molecule has 0 atom stereocenters. The van der Waals surface area contributed by atoms with Crippen molar-refractivity contribution in [3.8, 4) is 0 Å². The molecule has 0 radical (unpaired) electrons. The number of aliphatic hydroxyl groups excluding tert-OH is 1. The van der Waals surface area contributed by atoms with E-state index in [0.717, 1.165) is 0 Å². The van der Waals surface area contributed by atoms with Crippen LogP contribution < -0.4 is 5.56 Å². The van der Waals surface area contributed by atoms with Crippen molar-refractivity contribution in [2.24, 2.45) is 0 Å². The van der Waals surface area contributed by atoms with Gasteiger partial charge in [0.25, 0.3) is 5.56 Å². The largest absolute Gasteiger partial charge is 0.396 e. The van der Waals surface area contributed by atoms with E-state index in [4.69, 9.17) is 5.11 Å². The molecular formula is C10H10N2O2S. The number of nitrogens with zero attached hydrogens (tertiary/aromatic N) is 1. The fraction of sp³-hybridized carbons (Fsp3) is 0.200. The molecule has 2 rings (SSSR count). The van der Waals surface area contributed by atoms with E-state index in [-0.39, 0.29) is 12.2 Å². The Morgan fingerprint density at radius 3 is 3.00 bits per heavy atom. The summed E-state index contributed by atoms with van der Waals surface area (Å²) < 4.78 is 0. The molecule has 1 heterocycles. The van der Waals surface area contributed by atoms with Crippen molar-refractivity contribution in [2.75, 3.05) is 12.4 Å². The summed E-state index contributed by atoms with van der Waals surface area (Å²) in [6, 6.07) is 7.18. The number of rotatable bonds is 3. The minimum absolute atomic E-state index is 0.0706. The van der Waals surface area contributed by atoms with Gasteiger partial charge in [-0.25, -0.2) is 4.98 Å². The average Bonchev–Trinajstić information content (AvgIpc) is 2.26. The highest BCUT2D eigenvalue weighted by molar-refractivity contribution is 7.99. The zero-order valence-corrected chi connectivity index (χ0v) is 8.75. The molecule has 78 valence electrons. The quantitative estimate of drug-likeness (QED) is 0.601. The number of para-hydroxylation sites is 1. The molecule has 0 amide bonds. The van der Waals surface area contributed by atoms with Gasteiger partial charge < -0.3 is 10.1 Å². The lowest BCUT2D eigenvalue weighted by molar-refractivity contribution is 0.322. The van der Waals surface area contributed by atoms with Gasteiger partial charge in [-0.15, -0.1) is 0 Å². The highest BCUT2D eigenvalue weighted by Crippen LogP contribution is 2.13. The molecule has 0 aliphatic heterocycles. The van der Waals surface area contributed by atoms with Crippen LogP contribution in [0.5, 0.6) is 0 Å². The van der Waals surface area contributed by atoms with Crippen molar-refractivity contribution >= 4 is 22.7 Å². The molecule has 1 aromatic heterocycles. The Kier molecular flexibility index (Phi) is 3.03. The summed E-state index contributed by atoms with van der Waals surface area (Å²) in [7, 11) is 0. The Morgan fingerprint density at radius 2 is 2.20 bits per heavy atom. The number of benzene rings is 1. The number of thioether (sulfide) groups is 1. The first-order valence-electron chi connectivity index (χ1n) is 4.54. The molecule has 0 aliphatic carbocycles. The summed E-state index contributed by atoms with van der Waals surface area (Å²) >= 11 is 1.33. The molecule has 0 bridgehead atoms. The Balaban J connectivity index is 2.48. The molecule has 0 unspecified atom stereocenters. The third-order valence-electron chi connectivity index (χ3n) is 1.92.